The summed E-state index contributed by atoms with van der Waals surface area (Å²) in [5.74, 6) is 1.85. The van der Waals surface area contributed by atoms with E-state index in [9.17, 15) is 0 Å². The molecule has 1 aromatic carbocycles. The Balaban J connectivity index is 1.66. The molecular weight excluding hydrogens is 328 g/mol. The van der Waals surface area contributed by atoms with Gasteiger partial charge in [-0.05, 0) is 31.2 Å². The Morgan fingerprint density at radius 2 is 1.77 bits per heavy atom. The number of aryl methyl sites for hydroxylation is 2. The lowest BCUT2D eigenvalue weighted by Gasteiger charge is -2.01. The van der Waals surface area contributed by atoms with Crippen LogP contribution in [0.25, 0.3) is 28.6 Å². The summed E-state index contributed by atoms with van der Waals surface area (Å²) in [6.07, 6.45) is 3.62. The van der Waals surface area contributed by atoms with E-state index in [0.717, 1.165) is 16.9 Å². The predicted molar refractivity (Wildman–Crippen MR) is 98.1 cm³/mol. The van der Waals surface area contributed by atoms with Crippen molar-refractivity contribution in [2.24, 2.45) is 7.05 Å². The molecule has 0 saturated carbocycles. The van der Waals surface area contributed by atoms with Crippen molar-refractivity contribution in [2.45, 2.75) is 6.92 Å². The third-order valence-electron chi connectivity index (χ3n) is 4.08. The first-order chi connectivity index (χ1) is 12.6. The molecule has 0 aliphatic rings. The first-order valence-electron chi connectivity index (χ1n) is 8.18. The second-order valence-electron chi connectivity index (χ2n) is 5.95. The van der Waals surface area contributed by atoms with Gasteiger partial charge in [-0.25, -0.2) is 19.3 Å². The minimum Gasteiger partial charge on any atom is -0.481 e. The van der Waals surface area contributed by atoms with Gasteiger partial charge < -0.3 is 4.74 Å². The molecule has 0 N–H and O–H groups in total. The number of methoxy groups -OCH3 is 1. The molecule has 0 saturated heterocycles. The molecule has 0 bridgehead atoms. The molecule has 130 valence electrons. The highest BCUT2D eigenvalue weighted by atomic mass is 16.5. The lowest BCUT2D eigenvalue weighted by Crippen LogP contribution is -1.98. The van der Waals surface area contributed by atoms with Crippen LogP contribution in [0.5, 0.6) is 5.88 Å². The van der Waals surface area contributed by atoms with Crippen molar-refractivity contribution in [1.29, 1.82) is 0 Å². The van der Waals surface area contributed by atoms with Crippen LogP contribution in [0, 0.1) is 6.92 Å². The van der Waals surface area contributed by atoms with Gasteiger partial charge in [-0.3, -0.25) is 0 Å². The third kappa shape index (κ3) is 2.95. The SMILES string of the molecule is COc1ccc(-c2nc(-c3ccn(-c4ccc(C)cc4)n3)n(C)n2)cn1. The van der Waals surface area contributed by atoms with E-state index >= 15 is 0 Å². The largest absolute Gasteiger partial charge is 0.481 e. The van der Waals surface area contributed by atoms with Crippen LogP contribution in [0.1, 0.15) is 5.56 Å². The van der Waals surface area contributed by atoms with E-state index in [1.807, 2.05) is 42.2 Å². The molecule has 4 rings (SSSR count). The van der Waals surface area contributed by atoms with Crippen LogP contribution in [0.4, 0.5) is 0 Å². The summed E-state index contributed by atoms with van der Waals surface area (Å²) in [6, 6.07) is 13.8. The van der Waals surface area contributed by atoms with Gasteiger partial charge in [0.05, 0.1) is 12.8 Å². The van der Waals surface area contributed by atoms with E-state index in [-0.39, 0.29) is 0 Å². The third-order valence-corrected chi connectivity index (χ3v) is 4.08. The van der Waals surface area contributed by atoms with E-state index in [1.54, 1.807) is 24.1 Å². The smallest absolute Gasteiger partial charge is 0.212 e. The zero-order valence-corrected chi connectivity index (χ0v) is 14.8. The molecule has 0 aliphatic heterocycles. The minimum absolute atomic E-state index is 0.557. The van der Waals surface area contributed by atoms with Crippen LogP contribution in [0.15, 0.2) is 54.9 Å². The molecule has 0 spiro atoms. The second-order valence-corrected chi connectivity index (χ2v) is 5.95. The molecule has 0 fully saturated rings. The van der Waals surface area contributed by atoms with Gasteiger partial charge in [-0.2, -0.15) is 10.2 Å². The summed E-state index contributed by atoms with van der Waals surface area (Å²) >= 11 is 0. The molecule has 0 unspecified atom stereocenters. The van der Waals surface area contributed by atoms with Gasteiger partial charge in [-0.1, -0.05) is 17.7 Å². The molecule has 3 heterocycles. The van der Waals surface area contributed by atoms with Crippen LogP contribution >= 0.6 is 0 Å². The number of aromatic nitrogens is 6. The quantitative estimate of drug-likeness (QED) is 0.568. The maximum atomic E-state index is 5.09. The zero-order chi connectivity index (χ0) is 18.1. The lowest BCUT2D eigenvalue weighted by atomic mass is 10.2. The average Bonchev–Trinajstić information content (AvgIpc) is 3.29. The average molecular weight is 346 g/mol. The van der Waals surface area contributed by atoms with Gasteiger partial charge in [0.1, 0.15) is 5.69 Å². The maximum absolute atomic E-state index is 5.09. The van der Waals surface area contributed by atoms with Gasteiger partial charge in [0.25, 0.3) is 0 Å². The topological polar surface area (TPSA) is 70.7 Å². The Bertz CT molecular complexity index is 1030. The van der Waals surface area contributed by atoms with Crippen LogP contribution in [0.3, 0.4) is 0 Å². The fraction of sp³-hybridized carbons (Fsp3) is 0.158. The van der Waals surface area contributed by atoms with Gasteiger partial charge in [0.2, 0.25) is 5.88 Å². The normalized spacial score (nSPS) is 10.9. The highest BCUT2D eigenvalue weighted by Gasteiger charge is 2.14. The van der Waals surface area contributed by atoms with Crippen LogP contribution in [-0.2, 0) is 7.05 Å². The molecule has 0 amide bonds. The summed E-state index contributed by atoms with van der Waals surface area (Å²) in [6.45, 7) is 2.06. The Hall–Kier alpha value is -3.48. The van der Waals surface area contributed by atoms with Gasteiger partial charge in [0.15, 0.2) is 11.6 Å². The number of pyridine rings is 1. The van der Waals surface area contributed by atoms with E-state index in [2.05, 4.69) is 39.2 Å². The molecular formula is C19H18N6O. The zero-order valence-electron chi connectivity index (χ0n) is 14.8. The highest BCUT2D eigenvalue weighted by Crippen LogP contribution is 2.22. The summed E-state index contributed by atoms with van der Waals surface area (Å²) in [5, 5.41) is 9.12. The number of ether oxygens (including phenoxy) is 1. The van der Waals surface area contributed by atoms with E-state index in [0.29, 0.717) is 17.5 Å². The molecule has 0 atom stereocenters. The fourth-order valence-corrected chi connectivity index (χ4v) is 2.65. The Kier molecular flexibility index (Phi) is 3.96. The number of hydrogen-bond acceptors (Lipinski definition) is 5. The molecule has 3 aromatic heterocycles. The number of rotatable bonds is 4. The lowest BCUT2D eigenvalue weighted by molar-refractivity contribution is 0.398. The standard InChI is InChI=1S/C19H18N6O/c1-13-4-7-15(8-5-13)25-11-10-16(22-25)19-21-18(23-24(19)2)14-6-9-17(26-3)20-12-14/h4-12H,1-3H3. The van der Waals surface area contributed by atoms with Crippen LogP contribution < -0.4 is 4.74 Å². The van der Waals surface area contributed by atoms with Crippen LogP contribution in [-0.4, -0.2) is 36.6 Å². The van der Waals surface area contributed by atoms with Crippen molar-refractivity contribution in [1.82, 2.24) is 29.5 Å². The molecule has 7 nitrogen and oxygen atoms in total. The Morgan fingerprint density at radius 1 is 0.962 bits per heavy atom. The van der Waals surface area contributed by atoms with E-state index in [4.69, 9.17) is 4.74 Å². The monoisotopic (exact) mass is 346 g/mol. The number of hydrogen-bond donors (Lipinski definition) is 0. The van der Waals surface area contributed by atoms with Crippen molar-refractivity contribution in [3.8, 4) is 34.5 Å². The Morgan fingerprint density at radius 3 is 2.46 bits per heavy atom. The summed E-state index contributed by atoms with van der Waals surface area (Å²) in [4.78, 5) is 8.83. The molecule has 4 aromatic rings. The van der Waals surface area contributed by atoms with Crippen molar-refractivity contribution in [3.63, 3.8) is 0 Å². The van der Waals surface area contributed by atoms with Gasteiger partial charge in [-0.15, -0.1) is 0 Å². The molecule has 26 heavy (non-hydrogen) atoms. The summed E-state index contributed by atoms with van der Waals surface area (Å²) in [5.41, 5.74) is 3.80. The molecule has 0 radical (unpaired) electrons. The second kappa shape index (κ2) is 6.44. The number of nitrogens with zero attached hydrogens (tertiary/aromatic N) is 6. The fourth-order valence-electron chi connectivity index (χ4n) is 2.65. The summed E-state index contributed by atoms with van der Waals surface area (Å²) < 4.78 is 8.64. The maximum Gasteiger partial charge on any atom is 0.212 e. The van der Waals surface area contributed by atoms with Crippen LogP contribution in [0.2, 0.25) is 0 Å². The van der Waals surface area contributed by atoms with E-state index < -0.39 is 0 Å². The first-order valence-corrected chi connectivity index (χ1v) is 8.18. The predicted octanol–water partition coefficient (Wildman–Crippen LogP) is 3.05. The van der Waals surface area contributed by atoms with Gasteiger partial charge >= 0.3 is 0 Å². The highest BCUT2D eigenvalue weighted by molar-refractivity contribution is 5.59. The number of benzene rings is 1. The molecule has 7 heteroatoms. The minimum atomic E-state index is 0.557. The van der Waals surface area contributed by atoms with Crippen molar-refractivity contribution in [2.75, 3.05) is 7.11 Å². The Labute approximate surface area is 150 Å². The summed E-state index contributed by atoms with van der Waals surface area (Å²) in [7, 11) is 3.44. The molecule has 0 aliphatic carbocycles. The van der Waals surface area contributed by atoms with E-state index in [1.165, 1.54) is 5.56 Å². The first kappa shape index (κ1) is 16.0. The van der Waals surface area contributed by atoms with Crippen molar-refractivity contribution >= 4 is 0 Å². The van der Waals surface area contributed by atoms with Crippen molar-refractivity contribution < 1.29 is 4.74 Å². The van der Waals surface area contributed by atoms with Gasteiger partial charge in [0, 0.05) is 31.1 Å². The van der Waals surface area contributed by atoms with Crippen molar-refractivity contribution in [3.05, 3.63) is 60.4 Å².